The summed E-state index contributed by atoms with van der Waals surface area (Å²) >= 11 is 0. The fourth-order valence-electron chi connectivity index (χ4n) is 0.0530. The van der Waals surface area contributed by atoms with Crippen molar-refractivity contribution >= 4 is 33.8 Å². The summed E-state index contributed by atoms with van der Waals surface area (Å²) in [6.07, 6.45) is 0. The first-order chi connectivity index (χ1) is 2.91. The number of hydrogen-bond acceptors (Lipinski definition) is 0. The summed E-state index contributed by atoms with van der Waals surface area (Å²) in [4.78, 5) is 0. The highest BCUT2D eigenvalue weighted by molar-refractivity contribution is 8.42. The lowest BCUT2D eigenvalue weighted by atomic mass is 13.9. The molecule has 0 aliphatic heterocycles. The Morgan fingerprint density at radius 2 is 2.50 bits per heavy atom. The molecule has 0 saturated heterocycles. The quantitative estimate of drug-likeness (QED) is 0.476. The van der Waals surface area contributed by atoms with Gasteiger partial charge in [-0.2, -0.15) is 8.42 Å². The van der Waals surface area contributed by atoms with Crippen LogP contribution in [0.1, 0.15) is 0 Å². The van der Waals surface area contributed by atoms with E-state index in [1.54, 1.807) is 0 Å². The molecule has 0 heterocycles. The molecular weight excluding hydrogens is 152 g/mol. The Labute approximate surface area is 44.6 Å². The van der Waals surface area contributed by atoms with E-state index < -0.39 is 0 Å². The summed E-state index contributed by atoms with van der Waals surface area (Å²) in [5.74, 6) is 0. The second kappa shape index (κ2) is 6.35. The van der Waals surface area contributed by atoms with Crippen molar-refractivity contribution in [1.82, 2.24) is 0 Å². The van der Waals surface area contributed by atoms with Gasteiger partial charge in [0.15, 0.2) is 0 Å². The number of hydrogen-bond donors (Lipinski definition) is 1. The first-order valence-corrected chi connectivity index (χ1v) is 6.35. The Morgan fingerprint density at radius 3 is 2.67 bits per heavy atom. The first kappa shape index (κ1) is 7.35. The predicted octanol–water partition coefficient (Wildman–Crippen LogP) is 1.68. The molecule has 0 radical (unpaired) electrons. The van der Waals surface area contributed by atoms with Gasteiger partial charge in [-0.1, -0.05) is 0 Å². The van der Waals surface area contributed by atoms with Gasteiger partial charge >= 0.3 is 0 Å². The fourth-order valence-corrected chi connectivity index (χ4v) is 2.78. The van der Waals surface area contributed by atoms with E-state index in [2.05, 4.69) is 13.5 Å². The van der Waals surface area contributed by atoms with Gasteiger partial charge in [0, 0.05) is 0 Å². The van der Waals surface area contributed by atoms with Crippen LogP contribution in [-0.4, -0.2) is 0 Å². The zero-order valence-electron chi connectivity index (χ0n) is 2.89. The summed E-state index contributed by atoms with van der Waals surface area (Å²) in [7, 11) is 5.81. The zero-order valence-corrected chi connectivity index (χ0v) is 6.68. The molecule has 6 heteroatoms. The molecule has 0 fully saturated rings. The molecule has 0 aromatic heterocycles. The molecule has 2 nitrogen and oxygen atoms in total. The number of nitrogens with one attached hydrogen (secondary N) is 2. The Bertz CT molecular complexity index is 34.5. The van der Waals surface area contributed by atoms with Crippen LogP contribution in [0.25, 0.3) is 5.50 Å². The Morgan fingerprint density at radius 1 is 1.83 bits per heavy atom. The monoisotopic (exact) mass is 156 g/mol. The van der Waals surface area contributed by atoms with Crippen molar-refractivity contribution in [3.05, 3.63) is 5.50 Å². The van der Waals surface area contributed by atoms with Crippen LogP contribution < -0.4 is 4.52 Å². The van der Waals surface area contributed by atoms with Crippen LogP contribution in [0.2, 0.25) is 0 Å². The van der Waals surface area contributed by atoms with Gasteiger partial charge in [0.05, 0.1) is 0 Å². The Hall–Kier alpha value is 1.35. The number of rotatable bonds is 3. The topological polar surface area (TPSA) is 37.8 Å². The molecule has 0 aromatic carbocycles. The lowest BCUT2D eigenvalue weighted by molar-refractivity contribution is -0.213. The normalized spacial score (nSPS) is 14.2. The van der Waals surface area contributed by atoms with Gasteiger partial charge in [0.1, 0.15) is 0 Å². The summed E-state index contributed by atoms with van der Waals surface area (Å²) in [5, 5.41) is 0. The molecule has 0 bridgehead atoms. The van der Waals surface area contributed by atoms with Crippen LogP contribution >= 0.6 is 33.8 Å². The summed E-state index contributed by atoms with van der Waals surface area (Å²) in [6.45, 7) is 0. The average Bonchev–Trinajstić information content (AvgIpc) is 1.61. The maximum absolute atomic E-state index is 6.67. The van der Waals surface area contributed by atoms with Gasteiger partial charge in [-0.15, -0.1) is 0 Å². The van der Waals surface area contributed by atoms with E-state index in [-0.39, 0.29) is 0 Å². The lowest BCUT2D eigenvalue weighted by Gasteiger charge is -2.07. The summed E-state index contributed by atoms with van der Waals surface area (Å²) in [5.41, 5.74) is 6.67. The van der Waals surface area contributed by atoms with E-state index >= 15 is 0 Å². The predicted molar refractivity (Wildman–Crippen MR) is 35.8 cm³/mol. The minimum atomic E-state index is 0.319. The molecule has 0 amide bonds. The molecule has 0 spiro atoms. The third-order valence-electron chi connectivity index (χ3n) is 0.162. The average molecular weight is 156 g/mol. The van der Waals surface area contributed by atoms with Crippen molar-refractivity contribution in [2.75, 3.05) is 0 Å². The van der Waals surface area contributed by atoms with E-state index in [0.29, 0.717) is 16.4 Å². The minimum Gasteiger partial charge on any atom is -0.652 e. The maximum atomic E-state index is 6.67. The molecular formula is H4N2P4-2. The second-order valence-electron chi connectivity index (χ2n) is 0.449. The standard InChI is InChI=1S/H4N2P4/c1-4-6-5-2-3/h1-2,4,6H/q-2. The first-order valence-electron chi connectivity index (χ1n) is 1.17. The summed E-state index contributed by atoms with van der Waals surface area (Å²) < 4.78 is 2.63. The van der Waals surface area contributed by atoms with Gasteiger partial charge < -0.3 is 19.1 Å². The van der Waals surface area contributed by atoms with Gasteiger partial charge in [-0.25, -0.2) is 16.4 Å². The second-order valence-corrected chi connectivity index (χ2v) is 6.05. The SMILES string of the molecule is [NH-]PP[P-][NH+]=[P-]. The highest BCUT2D eigenvalue weighted by Crippen LogP contribution is 2.47. The Balaban J connectivity index is 2.49. The fraction of sp³-hybridized carbons (Fsp3) is 0. The van der Waals surface area contributed by atoms with E-state index in [1.165, 1.54) is 0 Å². The van der Waals surface area contributed by atoms with E-state index in [0.717, 1.165) is 8.42 Å². The molecule has 2 atom stereocenters. The highest BCUT2D eigenvalue weighted by Gasteiger charge is 1.48. The van der Waals surface area contributed by atoms with E-state index in [9.17, 15) is 0 Å². The molecule has 6 heavy (non-hydrogen) atoms. The van der Waals surface area contributed by atoms with E-state index in [4.69, 9.17) is 5.50 Å². The van der Waals surface area contributed by atoms with Crippen LogP contribution in [0.3, 0.4) is 0 Å². The van der Waals surface area contributed by atoms with Crippen molar-refractivity contribution in [2.45, 2.75) is 0 Å². The van der Waals surface area contributed by atoms with Gasteiger partial charge in [-0.3, -0.25) is 0 Å². The third-order valence-corrected chi connectivity index (χ3v) is 4.37. The smallest absolute Gasteiger partial charge is 0.199 e. The minimum absolute atomic E-state index is 0.319. The van der Waals surface area contributed by atoms with Crippen LogP contribution in [0, 0.1) is 0 Å². The zero-order chi connectivity index (χ0) is 4.83. The van der Waals surface area contributed by atoms with Gasteiger partial charge in [-0.05, 0) is 0 Å². The van der Waals surface area contributed by atoms with E-state index in [1.807, 2.05) is 0 Å². The largest absolute Gasteiger partial charge is 0.652 e. The molecule has 0 aliphatic carbocycles. The Kier molecular flexibility index (Phi) is 7.78. The van der Waals surface area contributed by atoms with Crippen LogP contribution in [0.5, 0.6) is 0 Å². The molecule has 0 rings (SSSR count). The third kappa shape index (κ3) is 5.35. The van der Waals surface area contributed by atoms with Crippen molar-refractivity contribution in [3.8, 4) is 0 Å². The maximum Gasteiger partial charge on any atom is -0.199 e. The van der Waals surface area contributed by atoms with Crippen molar-refractivity contribution in [2.24, 2.45) is 0 Å². The highest BCUT2D eigenvalue weighted by atomic mass is 32.4. The van der Waals surface area contributed by atoms with Crippen molar-refractivity contribution in [3.63, 3.8) is 0 Å². The van der Waals surface area contributed by atoms with Crippen molar-refractivity contribution in [1.29, 1.82) is 0 Å². The van der Waals surface area contributed by atoms with Crippen LogP contribution in [-0.2, 0) is 0 Å². The molecule has 0 aromatic rings. The molecule has 2 N–H and O–H groups in total. The van der Waals surface area contributed by atoms with Crippen molar-refractivity contribution < 1.29 is 4.52 Å². The van der Waals surface area contributed by atoms with Crippen LogP contribution in [0.15, 0.2) is 0 Å². The van der Waals surface area contributed by atoms with Gasteiger partial charge in [0.2, 0.25) is 0 Å². The molecule has 0 aliphatic rings. The van der Waals surface area contributed by atoms with Gasteiger partial charge in [0.25, 0.3) is 0 Å². The van der Waals surface area contributed by atoms with Crippen LogP contribution in [0.4, 0.5) is 0 Å². The molecule has 36 valence electrons. The summed E-state index contributed by atoms with van der Waals surface area (Å²) in [6, 6.07) is 0. The molecule has 2 unspecified atom stereocenters. The molecule has 0 saturated carbocycles. The lowest BCUT2D eigenvalue weighted by Crippen LogP contribution is -2.44.